The molecule has 112 valence electrons. The minimum absolute atomic E-state index is 0.0415. The first-order valence-electron chi connectivity index (χ1n) is 7.25. The third kappa shape index (κ3) is 2.84. The molecule has 5 heteroatoms. The fourth-order valence-corrected chi connectivity index (χ4v) is 2.80. The number of hydrogen-bond acceptors (Lipinski definition) is 3. The molecule has 0 saturated carbocycles. The highest BCUT2D eigenvalue weighted by Gasteiger charge is 2.45. The topological polar surface area (TPSA) is 53.3 Å². The molecule has 0 bridgehead atoms. The average molecular weight is 307 g/mol. The number of amides is 1. The quantitative estimate of drug-likeness (QED) is 0.775. The molecule has 4 nitrogen and oxygen atoms in total. The molecular formula is C16H19ClN2O2. The summed E-state index contributed by atoms with van der Waals surface area (Å²) in [6.45, 7) is 4.41. The Labute approximate surface area is 130 Å². The van der Waals surface area contributed by atoms with E-state index in [9.17, 15) is 4.79 Å². The summed E-state index contributed by atoms with van der Waals surface area (Å²) in [7, 11) is 0. The third-order valence-electron chi connectivity index (χ3n) is 3.96. The Morgan fingerprint density at radius 3 is 2.71 bits per heavy atom. The van der Waals surface area contributed by atoms with Gasteiger partial charge in [-0.05, 0) is 37.5 Å². The Morgan fingerprint density at radius 2 is 2.10 bits per heavy atom. The molecule has 1 aliphatic heterocycles. The van der Waals surface area contributed by atoms with Gasteiger partial charge in [-0.2, -0.15) is 5.26 Å². The van der Waals surface area contributed by atoms with Crippen molar-refractivity contribution in [2.24, 2.45) is 0 Å². The van der Waals surface area contributed by atoms with E-state index in [1.807, 2.05) is 19.9 Å². The van der Waals surface area contributed by atoms with Crippen LogP contribution in [0.25, 0.3) is 0 Å². The molecule has 0 N–H and O–H groups in total. The number of unbranched alkanes of at least 4 members (excludes halogenated alkanes) is 1. The molecule has 0 radical (unpaired) electrons. The van der Waals surface area contributed by atoms with Crippen LogP contribution in [0.15, 0.2) is 18.2 Å². The number of carbonyl (C=O) groups is 1. The Balaban J connectivity index is 2.42. The molecule has 1 heterocycles. The number of fused-ring (bicyclic) bond motifs is 1. The Bertz CT molecular complexity index is 576. The summed E-state index contributed by atoms with van der Waals surface area (Å²) < 4.78 is 6.01. The van der Waals surface area contributed by atoms with Gasteiger partial charge >= 0.3 is 0 Å². The number of carbonyl (C=O) groups excluding carboxylic acids is 1. The average Bonchev–Trinajstić information content (AvgIpc) is 2.50. The lowest BCUT2D eigenvalue weighted by atomic mass is 9.92. The van der Waals surface area contributed by atoms with Crippen LogP contribution < -0.4 is 9.64 Å². The van der Waals surface area contributed by atoms with Gasteiger partial charge in [-0.1, -0.05) is 25.4 Å². The van der Waals surface area contributed by atoms with Crippen LogP contribution in [0.1, 0.15) is 39.5 Å². The Hall–Kier alpha value is -1.73. The molecule has 0 aromatic heterocycles. The monoisotopic (exact) mass is 306 g/mol. The highest BCUT2D eigenvalue weighted by atomic mass is 35.5. The first kappa shape index (κ1) is 15.7. The number of ether oxygens (including phenoxy) is 1. The smallest absolute Gasteiger partial charge is 0.271 e. The number of hydrogen-bond donors (Lipinski definition) is 0. The van der Waals surface area contributed by atoms with E-state index in [-0.39, 0.29) is 5.91 Å². The summed E-state index contributed by atoms with van der Waals surface area (Å²) in [5.74, 6) is 0.639. The van der Waals surface area contributed by atoms with Gasteiger partial charge in [0, 0.05) is 18.0 Å². The number of anilines is 1. The van der Waals surface area contributed by atoms with Gasteiger partial charge in [0.05, 0.1) is 11.8 Å². The van der Waals surface area contributed by atoms with Gasteiger partial charge in [0.25, 0.3) is 5.91 Å². The van der Waals surface area contributed by atoms with Crippen molar-refractivity contribution >= 4 is 23.2 Å². The zero-order chi connectivity index (χ0) is 15.5. The summed E-state index contributed by atoms with van der Waals surface area (Å²) >= 11 is 6.04. The molecule has 1 aromatic rings. The number of benzene rings is 1. The van der Waals surface area contributed by atoms with E-state index < -0.39 is 5.60 Å². The molecule has 1 aliphatic rings. The second-order valence-corrected chi connectivity index (χ2v) is 5.57. The standard InChI is InChI=1S/C16H19ClN2O2/c1-3-16(4-2)15(20)19(10-6-5-9-18)13-11-12(17)7-8-14(13)21-16/h7-8,11H,3-6,10H2,1-2H3. The molecule has 2 rings (SSSR count). The van der Waals surface area contributed by atoms with E-state index in [4.69, 9.17) is 21.6 Å². The second kappa shape index (κ2) is 6.36. The van der Waals surface area contributed by atoms with Crippen LogP contribution >= 0.6 is 11.6 Å². The lowest BCUT2D eigenvalue weighted by molar-refractivity contribution is -0.136. The van der Waals surface area contributed by atoms with Crippen molar-refractivity contribution in [1.29, 1.82) is 5.26 Å². The Kier molecular flexibility index (Phi) is 4.74. The summed E-state index contributed by atoms with van der Waals surface area (Å²) in [6.07, 6.45) is 2.28. The highest BCUT2D eigenvalue weighted by Crippen LogP contribution is 2.41. The molecule has 0 atom stereocenters. The SMILES string of the molecule is CCC1(CC)Oc2ccc(Cl)cc2N(CCCC#N)C1=O. The van der Waals surface area contributed by atoms with Gasteiger partial charge in [0.15, 0.2) is 5.60 Å². The van der Waals surface area contributed by atoms with Crippen LogP contribution in [0.3, 0.4) is 0 Å². The molecule has 0 saturated heterocycles. The maximum absolute atomic E-state index is 12.9. The summed E-state index contributed by atoms with van der Waals surface area (Å²) in [4.78, 5) is 14.6. The van der Waals surface area contributed by atoms with Crippen molar-refractivity contribution in [3.05, 3.63) is 23.2 Å². The molecule has 21 heavy (non-hydrogen) atoms. The first-order chi connectivity index (χ1) is 10.1. The molecule has 1 amide bonds. The number of nitrogens with zero attached hydrogens (tertiary/aromatic N) is 2. The van der Waals surface area contributed by atoms with Crippen LogP contribution in [-0.4, -0.2) is 18.1 Å². The summed E-state index contributed by atoms with van der Waals surface area (Å²) in [5, 5.41) is 9.26. The van der Waals surface area contributed by atoms with Gasteiger partial charge in [-0.3, -0.25) is 4.79 Å². The minimum Gasteiger partial charge on any atom is -0.475 e. The van der Waals surface area contributed by atoms with E-state index in [1.165, 1.54) is 0 Å². The third-order valence-corrected chi connectivity index (χ3v) is 4.20. The van der Waals surface area contributed by atoms with Crippen molar-refractivity contribution < 1.29 is 9.53 Å². The first-order valence-corrected chi connectivity index (χ1v) is 7.63. The van der Waals surface area contributed by atoms with Gasteiger partial charge in [-0.15, -0.1) is 0 Å². The summed E-state index contributed by atoms with van der Waals surface area (Å²) in [5.41, 5.74) is -0.115. The number of rotatable bonds is 5. The molecule has 0 spiro atoms. The highest BCUT2D eigenvalue weighted by molar-refractivity contribution is 6.31. The van der Waals surface area contributed by atoms with Gasteiger partial charge < -0.3 is 9.64 Å². The van der Waals surface area contributed by atoms with Crippen molar-refractivity contribution in [1.82, 2.24) is 0 Å². The number of nitriles is 1. The van der Waals surface area contributed by atoms with Crippen molar-refractivity contribution in [2.75, 3.05) is 11.4 Å². The Morgan fingerprint density at radius 1 is 1.38 bits per heavy atom. The van der Waals surface area contributed by atoms with Gasteiger partial charge in [0.1, 0.15) is 5.75 Å². The summed E-state index contributed by atoms with van der Waals surface area (Å²) in [6, 6.07) is 7.43. The molecular weight excluding hydrogens is 288 g/mol. The number of halogens is 1. The van der Waals surface area contributed by atoms with Crippen LogP contribution in [-0.2, 0) is 4.79 Å². The normalized spacial score (nSPS) is 16.1. The largest absolute Gasteiger partial charge is 0.475 e. The van der Waals surface area contributed by atoms with Crippen LogP contribution in [0, 0.1) is 11.3 Å². The zero-order valence-electron chi connectivity index (χ0n) is 12.4. The van der Waals surface area contributed by atoms with E-state index >= 15 is 0 Å². The lowest BCUT2D eigenvalue weighted by Crippen LogP contribution is -2.55. The molecule has 0 unspecified atom stereocenters. The van der Waals surface area contributed by atoms with Crippen molar-refractivity contribution in [3.8, 4) is 11.8 Å². The van der Waals surface area contributed by atoms with Crippen LogP contribution in [0.2, 0.25) is 5.02 Å². The van der Waals surface area contributed by atoms with E-state index in [1.54, 1.807) is 17.0 Å². The second-order valence-electron chi connectivity index (χ2n) is 5.13. The van der Waals surface area contributed by atoms with E-state index in [0.717, 1.165) is 0 Å². The predicted molar refractivity (Wildman–Crippen MR) is 82.6 cm³/mol. The van der Waals surface area contributed by atoms with Gasteiger partial charge in [0.2, 0.25) is 0 Å². The van der Waals surface area contributed by atoms with Crippen LogP contribution in [0.4, 0.5) is 5.69 Å². The molecule has 0 aliphatic carbocycles. The van der Waals surface area contributed by atoms with Crippen molar-refractivity contribution in [2.45, 2.75) is 45.1 Å². The zero-order valence-corrected chi connectivity index (χ0v) is 13.1. The van der Waals surface area contributed by atoms with E-state index in [0.29, 0.717) is 48.7 Å². The van der Waals surface area contributed by atoms with Crippen LogP contribution in [0.5, 0.6) is 5.75 Å². The molecule has 0 fully saturated rings. The fraction of sp³-hybridized carbons (Fsp3) is 0.500. The van der Waals surface area contributed by atoms with E-state index in [2.05, 4.69) is 6.07 Å². The van der Waals surface area contributed by atoms with Crippen molar-refractivity contribution in [3.63, 3.8) is 0 Å². The van der Waals surface area contributed by atoms with Gasteiger partial charge in [-0.25, -0.2) is 0 Å². The minimum atomic E-state index is -0.812. The maximum atomic E-state index is 12.9. The predicted octanol–water partition coefficient (Wildman–Crippen LogP) is 3.93. The lowest BCUT2D eigenvalue weighted by Gasteiger charge is -2.42. The molecule has 1 aromatic carbocycles. The maximum Gasteiger partial charge on any atom is 0.271 e. The fourth-order valence-electron chi connectivity index (χ4n) is 2.63.